The molecule has 0 aliphatic carbocycles. The molecular weight excluding hydrogens is 466 g/mol. The SMILES string of the molecule is COc1ccc(C)cc1S(=O)(=O)N1CCC(=O)N2C1=CN(C(C)C)C(=O)C2Cc1ccc(C)cc1. The average Bonchev–Trinajstić information content (AvgIpc) is 2.81. The van der Waals surface area contributed by atoms with Gasteiger partial charge in [0.25, 0.3) is 10.0 Å². The summed E-state index contributed by atoms with van der Waals surface area (Å²) >= 11 is 0. The summed E-state index contributed by atoms with van der Waals surface area (Å²) in [5.74, 6) is -0.0866. The van der Waals surface area contributed by atoms with Crippen LogP contribution in [0.2, 0.25) is 0 Å². The lowest BCUT2D eigenvalue weighted by atomic mass is 9.99. The molecule has 9 heteroatoms. The Hall–Kier alpha value is -3.33. The summed E-state index contributed by atoms with van der Waals surface area (Å²) in [7, 11) is -2.66. The molecule has 2 heterocycles. The molecule has 0 saturated carbocycles. The minimum absolute atomic E-state index is 0.0159. The highest BCUT2D eigenvalue weighted by Gasteiger charge is 2.47. The largest absolute Gasteiger partial charge is 0.495 e. The highest BCUT2D eigenvalue weighted by molar-refractivity contribution is 7.89. The van der Waals surface area contributed by atoms with Gasteiger partial charge in [-0.15, -0.1) is 0 Å². The third-order valence-electron chi connectivity index (χ3n) is 6.40. The van der Waals surface area contributed by atoms with Gasteiger partial charge < -0.3 is 9.64 Å². The second-order valence-corrected chi connectivity index (χ2v) is 11.1. The predicted octanol–water partition coefficient (Wildman–Crippen LogP) is 3.20. The van der Waals surface area contributed by atoms with Crippen molar-refractivity contribution < 1.29 is 22.7 Å². The number of fused-ring (bicyclic) bond motifs is 1. The molecule has 2 amide bonds. The third-order valence-corrected chi connectivity index (χ3v) is 8.22. The van der Waals surface area contributed by atoms with Crippen molar-refractivity contribution >= 4 is 21.8 Å². The summed E-state index contributed by atoms with van der Waals surface area (Å²) in [4.78, 5) is 29.6. The van der Waals surface area contributed by atoms with Crippen LogP contribution >= 0.6 is 0 Å². The molecule has 2 aromatic rings. The van der Waals surface area contributed by atoms with E-state index in [9.17, 15) is 18.0 Å². The molecule has 1 saturated heterocycles. The number of benzene rings is 2. The fraction of sp³-hybridized carbons (Fsp3) is 0.385. The van der Waals surface area contributed by atoms with Crippen LogP contribution < -0.4 is 4.74 Å². The van der Waals surface area contributed by atoms with E-state index < -0.39 is 16.1 Å². The van der Waals surface area contributed by atoms with Crippen LogP contribution in [0.25, 0.3) is 0 Å². The van der Waals surface area contributed by atoms with Gasteiger partial charge in [-0.25, -0.2) is 12.7 Å². The zero-order valence-corrected chi connectivity index (χ0v) is 21.5. The number of hydrogen-bond acceptors (Lipinski definition) is 5. The maximum atomic E-state index is 13.9. The van der Waals surface area contributed by atoms with E-state index >= 15 is 0 Å². The maximum absolute atomic E-state index is 13.9. The highest BCUT2D eigenvalue weighted by atomic mass is 32.2. The van der Waals surface area contributed by atoms with Gasteiger partial charge in [-0.3, -0.25) is 14.5 Å². The molecule has 2 aliphatic rings. The monoisotopic (exact) mass is 497 g/mol. The number of carbonyl (C=O) groups excluding carboxylic acids is 2. The number of amides is 2. The first kappa shape index (κ1) is 24.8. The lowest BCUT2D eigenvalue weighted by molar-refractivity contribution is -0.148. The zero-order valence-electron chi connectivity index (χ0n) is 20.7. The first-order chi connectivity index (χ1) is 16.5. The molecule has 35 heavy (non-hydrogen) atoms. The Balaban J connectivity index is 1.82. The number of hydrogen-bond donors (Lipinski definition) is 0. The molecule has 0 radical (unpaired) electrons. The normalized spacial score (nSPS) is 18.6. The summed E-state index contributed by atoms with van der Waals surface area (Å²) in [5.41, 5.74) is 2.75. The molecule has 1 unspecified atom stereocenters. The van der Waals surface area contributed by atoms with Crippen LogP contribution in [0.15, 0.2) is 59.4 Å². The van der Waals surface area contributed by atoms with Gasteiger partial charge in [-0.05, 0) is 51.0 Å². The van der Waals surface area contributed by atoms with E-state index in [0.717, 1.165) is 16.7 Å². The Morgan fingerprint density at radius 1 is 1.03 bits per heavy atom. The first-order valence-corrected chi connectivity index (χ1v) is 13.1. The highest BCUT2D eigenvalue weighted by Crippen LogP contribution is 2.36. The number of aryl methyl sites for hydroxylation is 2. The van der Waals surface area contributed by atoms with Crippen LogP contribution in [-0.4, -0.2) is 60.1 Å². The molecule has 0 aromatic heterocycles. The number of ether oxygens (including phenoxy) is 1. The lowest BCUT2D eigenvalue weighted by Gasteiger charge is -2.47. The number of methoxy groups -OCH3 is 1. The second-order valence-electron chi connectivity index (χ2n) is 9.28. The lowest BCUT2D eigenvalue weighted by Crippen LogP contribution is -2.61. The molecule has 1 fully saturated rings. The smallest absolute Gasteiger partial charge is 0.269 e. The Morgan fingerprint density at radius 2 is 1.69 bits per heavy atom. The Bertz CT molecular complexity index is 1280. The number of nitrogens with zero attached hydrogens (tertiary/aromatic N) is 3. The standard InChI is InChI=1S/C26H31N3O5S/c1-17(2)27-16-24-28(35(32,33)23-14-19(4)8-11-22(23)34-5)13-12-25(30)29(24)21(26(27)31)15-20-9-6-18(3)7-10-20/h6-11,14,16-17,21H,12-13,15H2,1-5H3. The van der Waals surface area contributed by atoms with Crippen LogP contribution in [0.1, 0.15) is 37.0 Å². The van der Waals surface area contributed by atoms with E-state index in [1.54, 1.807) is 25.1 Å². The number of rotatable bonds is 6. The summed E-state index contributed by atoms with van der Waals surface area (Å²) in [5, 5.41) is 0. The van der Waals surface area contributed by atoms with E-state index in [1.807, 2.05) is 45.0 Å². The van der Waals surface area contributed by atoms with Crippen LogP contribution in [0.4, 0.5) is 0 Å². The van der Waals surface area contributed by atoms with Gasteiger partial charge in [-0.1, -0.05) is 35.9 Å². The zero-order chi connectivity index (χ0) is 25.5. The summed E-state index contributed by atoms with van der Waals surface area (Å²) in [6, 6.07) is 11.7. The predicted molar refractivity (Wildman–Crippen MR) is 132 cm³/mol. The van der Waals surface area contributed by atoms with Gasteiger partial charge in [0, 0.05) is 31.6 Å². The van der Waals surface area contributed by atoms with E-state index in [-0.39, 0.29) is 53.7 Å². The van der Waals surface area contributed by atoms with Crippen molar-refractivity contribution in [3.05, 3.63) is 71.2 Å². The minimum Gasteiger partial charge on any atom is -0.495 e. The molecule has 4 rings (SSSR count). The molecule has 0 bridgehead atoms. The summed E-state index contributed by atoms with van der Waals surface area (Å²) in [6.45, 7) is 7.49. The van der Waals surface area contributed by atoms with Gasteiger partial charge in [-0.2, -0.15) is 0 Å². The summed E-state index contributed by atoms with van der Waals surface area (Å²) < 4.78 is 34.4. The van der Waals surface area contributed by atoms with Crippen LogP contribution in [-0.2, 0) is 26.0 Å². The van der Waals surface area contributed by atoms with Crippen molar-refractivity contribution in [3.63, 3.8) is 0 Å². The summed E-state index contributed by atoms with van der Waals surface area (Å²) in [6.07, 6.45) is 1.76. The van der Waals surface area contributed by atoms with Crippen molar-refractivity contribution in [1.29, 1.82) is 0 Å². The molecule has 0 spiro atoms. The van der Waals surface area contributed by atoms with Crippen LogP contribution in [0, 0.1) is 13.8 Å². The Morgan fingerprint density at radius 3 is 2.31 bits per heavy atom. The fourth-order valence-electron chi connectivity index (χ4n) is 4.49. The maximum Gasteiger partial charge on any atom is 0.269 e. The van der Waals surface area contributed by atoms with Crippen molar-refractivity contribution in [2.75, 3.05) is 13.7 Å². The topological polar surface area (TPSA) is 87.2 Å². The van der Waals surface area contributed by atoms with Gasteiger partial charge in [0.05, 0.1) is 7.11 Å². The van der Waals surface area contributed by atoms with Gasteiger partial charge in [0.15, 0.2) is 0 Å². The molecule has 186 valence electrons. The third kappa shape index (κ3) is 4.52. The fourth-order valence-corrected chi connectivity index (χ4v) is 6.18. The van der Waals surface area contributed by atoms with E-state index in [1.165, 1.54) is 27.4 Å². The molecule has 0 N–H and O–H groups in total. The number of carbonyl (C=O) groups is 2. The average molecular weight is 498 g/mol. The van der Waals surface area contributed by atoms with Crippen LogP contribution in [0.5, 0.6) is 5.75 Å². The van der Waals surface area contributed by atoms with Crippen molar-refractivity contribution in [1.82, 2.24) is 14.1 Å². The van der Waals surface area contributed by atoms with E-state index in [4.69, 9.17) is 4.74 Å². The molecule has 8 nitrogen and oxygen atoms in total. The van der Waals surface area contributed by atoms with Crippen molar-refractivity contribution in [2.45, 2.75) is 57.5 Å². The van der Waals surface area contributed by atoms with E-state index in [0.29, 0.717) is 0 Å². The minimum atomic E-state index is -4.08. The molecular formula is C26H31N3O5S. The first-order valence-electron chi connectivity index (χ1n) is 11.6. The number of sulfonamides is 1. The Labute approximate surface area is 206 Å². The van der Waals surface area contributed by atoms with Crippen LogP contribution in [0.3, 0.4) is 0 Å². The molecule has 2 aliphatic heterocycles. The van der Waals surface area contributed by atoms with Crippen molar-refractivity contribution in [2.24, 2.45) is 0 Å². The quantitative estimate of drug-likeness (QED) is 0.612. The van der Waals surface area contributed by atoms with E-state index in [2.05, 4.69) is 0 Å². The molecule has 1 atom stereocenters. The van der Waals surface area contributed by atoms with Gasteiger partial charge in [0.2, 0.25) is 11.8 Å². The van der Waals surface area contributed by atoms with Gasteiger partial charge >= 0.3 is 0 Å². The molecule has 2 aromatic carbocycles. The second kappa shape index (κ2) is 9.37. The van der Waals surface area contributed by atoms with Crippen molar-refractivity contribution in [3.8, 4) is 5.75 Å². The Kier molecular flexibility index (Phi) is 6.64. The van der Waals surface area contributed by atoms with Gasteiger partial charge in [0.1, 0.15) is 22.5 Å².